The fraction of sp³-hybridized carbons (Fsp3) is 0.350. The number of likely N-dealkylation sites (N-methyl/N-ethyl adjacent to an activating group) is 1. The maximum atomic E-state index is 13.0. The van der Waals surface area contributed by atoms with Gasteiger partial charge < -0.3 is 10.2 Å². The van der Waals surface area contributed by atoms with Crippen LogP contribution in [0.1, 0.15) is 41.4 Å². The molecule has 1 atom stereocenters. The first kappa shape index (κ1) is 21.3. The summed E-state index contributed by atoms with van der Waals surface area (Å²) in [7, 11) is 3.75. The van der Waals surface area contributed by atoms with Gasteiger partial charge in [0.1, 0.15) is 0 Å². The second-order valence-corrected chi connectivity index (χ2v) is 7.46. The number of nitrogens with zero attached hydrogens (tertiary/aromatic N) is 1. The summed E-state index contributed by atoms with van der Waals surface area (Å²) < 4.78 is 39.0. The quantitative estimate of drug-likeness (QED) is 0.753. The van der Waals surface area contributed by atoms with Gasteiger partial charge in [-0.2, -0.15) is 13.2 Å². The van der Waals surface area contributed by atoms with Gasteiger partial charge in [-0.25, -0.2) is 0 Å². The molecule has 1 amide bonds. The molecule has 27 heavy (non-hydrogen) atoms. The van der Waals surface area contributed by atoms with E-state index in [-0.39, 0.29) is 10.6 Å². The van der Waals surface area contributed by atoms with Gasteiger partial charge in [-0.1, -0.05) is 41.9 Å². The lowest BCUT2D eigenvalue weighted by atomic mass is 9.87. The number of halogens is 4. The number of hydrogen-bond donors (Lipinski definition) is 1. The van der Waals surface area contributed by atoms with E-state index in [9.17, 15) is 18.0 Å². The summed E-state index contributed by atoms with van der Waals surface area (Å²) in [4.78, 5) is 14.8. The first-order valence-electron chi connectivity index (χ1n) is 8.34. The molecule has 0 fully saturated rings. The van der Waals surface area contributed by atoms with Crippen LogP contribution in [0.4, 0.5) is 13.2 Å². The molecular weight excluding hydrogens is 377 g/mol. The molecule has 2 rings (SSSR count). The molecule has 0 bridgehead atoms. The molecule has 0 aromatic heterocycles. The van der Waals surface area contributed by atoms with Crippen molar-refractivity contribution in [1.29, 1.82) is 0 Å². The summed E-state index contributed by atoms with van der Waals surface area (Å²) in [6, 6.07) is 11.5. The molecule has 0 spiro atoms. The second kappa shape index (κ2) is 7.90. The fourth-order valence-corrected chi connectivity index (χ4v) is 2.86. The number of benzene rings is 2. The lowest BCUT2D eigenvalue weighted by molar-refractivity contribution is -0.137. The van der Waals surface area contributed by atoms with Crippen LogP contribution in [0.15, 0.2) is 48.5 Å². The van der Waals surface area contributed by atoms with Crippen molar-refractivity contribution in [2.24, 2.45) is 0 Å². The average molecular weight is 399 g/mol. The summed E-state index contributed by atoms with van der Waals surface area (Å²) in [6.07, 6.45) is -4.55. The molecule has 0 saturated carbocycles. The van der Waals surface area contributed by atoms with Crippen LogP contribution in [0.5, 0.6) is 0 Å². The number of carbonyl (C=O) groups excluding carboxylic acids is 1. The number of nitrogens with one attached hydrogen (secondary N) is 1. The topological polar surface area (TPSA) is 32.3 Å². The van der Waals surface area contributed by atoms with Crippen molar-refractivity contribution in [1.82, 2.24) is 10.2 Å². The van der Waals surface area contributed by atoms with E-state index in [4.69, 9.17) is 11.6 Å². The molecule has 0 aliphatic heterocycles. The van der Waals surface area contributed by atoms with Crippen molar-refractivity contribution in [3.63, 3.8) is 0 Å². The maximum Gasteiger partial charge on any atom is 0.416 e. The van der Waals surface area contributed by atoms with E-state index in [1.807, 2.05) is 63.2 Å². The highest BCUT2D eigenvalue weighted by atomic mass is 35.5. The summed E-state index contributed by atoms with van der Waals surface area (Å²) in [5, 5.41) is 2.83. The minimum Gasteiger partial charge on any atom is -0.343 e. The number of carbonyl (C=O) groups is 1. The Morgan fingerprint density at radius 2 is 1.67 bits per heavy atom. The van der Waals surface area contributed by atoms with Gasteiger partial charge in [0.15, 0.2) is 0 Å². The Kier molecular flexibility index (Phi) is 6.22. The van der Waals surface area contributed by atoms with Crippen LogP contribution in [0.3, 0.4) is 0 Å². The van der Waals surface area contributed by atoms with Gasteiger partial charge in [0, 0.05) is 5.54 Å². The van der Waals surface area contributed by atoms with Crippen LogP contribution in [0.25, 0.3) is 0 Å². The minimum absolute atomic E-state index is 0.0324. The Labute approximate surface area is 162 Å². The molecular formula is C20H22ClF3N2O. The Hall–Kier alpha value is -2.05. The van der Waals surface area contributed by atoms with Crippen molar-refractivity contribution >= 4 is 17.5 Å². The van der Waals surface area contributed by atoms with E-state index in [0.29, 0.717) is 0 Å². The van der Waals surface area contributed by atoms with Crippen molar-refractivity contribution in [2.45, 2.75) is 31.6 Å². The van der Waals surface area contributed by atoms with Gasteiger partial charge in [-0.3, -0.25) is 4.79 Å². The Balaban J connectivity index is 2.43. The van der Waals surface area contributed by atoms with Gasteiger partial charge in [0.25, 0.3) is 5.91 Å². The second-order valence-electron chi connectivity index (χ2n) is 7.06. The zero-order valence-corrected chi connectivity index (χ0v) is 16.3. The first-order valence-corrected chi connectivity index (χ1v) is 8.72. The number of hydrogen-bond acceptors (Lipinski definition) is 2. The SMILES string of the molecule is CN(C)C(C)(C)C(NC(=O)c1cc(C(F)(F)F)ccc1Cl)c1ccccc1. The predicted molar refractivity (Wildman–Crippen MR) is 101 cm³/mol. The standard InChI is InChI=1S/C20H22ClF3N2O/c1-19(2,26(3)4)17(13-8-6-5-7-9-13)25-18(27)15-12-14(20(22,23)24)10-11-16(15)21/h5-12,17H,1-4H3,(H,25,27). The van der Waals surface area contributed by atoms with Gasteiger partial charge in [-0.05, 0) is 51.7 Å². The normalized spacial score (nSPS) is 13.5. The highest BCUT2D eigenvalue weighted by Crippen LogP contribution is 2.33. The molecule has 1 N–H and O–H groups in total. The predicted octanol–water partition coefficient (Wildman–Crippen LogP) is 5.17. The first-order chi connectivity index (χ1) is 12.4. The van der Waals surface area contributed by atoms with E-state index in [1.54, 1.807) is 0 Å². The average Bonchev–Trinajstić information content (AvgIpc) is 2.59. The molecule has 3 nitrogen and oxygen atoms in total. The monoisotopic (exact) mass is 398 g/mol. The van der Waals surface area contributed by atoms with E-state index in [0.717, 1.165) is 23.8 Å². The van der Waals surface area contributed by atoms with Crippen LogP contribution in [0, 0.1) is 0 Å². The molecule has 1 unspecified atom stereocenters. The maximum absolute atomic E-state index is 13.0. The van der Waals surface area contributed by atoms with Crippen molar-refractivity contribution in [3.05, 3.63) is 70.2 Å². The third-order valence-corrected chi connectivity index (χ3v) is 5.14. The molecule has 2 aromatic rings. The lowest BCUT2D eigenvalue weighted by Crippen LogP contribution is -2.50. The van der Waals surface area contributed by atoms with Gasteiger partial charge >= 0.3 is 6.18 Å². The van der Waals surface area contributed by atoms with E-state index in [2.05, 4.69) is 5.32 Å². The van der Waals surface area contributed by atoms with Crippen molar-refractivity contribution in [2.75, 3.05) is 14.1 Å². The van der Waals surface area contributed by atoms with Crippen molar-refractivity contribution < 1.29 is 18.0 Å². The third kappa shape index (κ3) is 4.82. The van der Waals surface area contributed by atoms with E-state index >= 15 is 0 Å². The Morgan fingerprint density at radius 1 is 1.07 bits per heavy atom. The molecule has 0 saturated heterocycles. The zero-order chi connectivity index (χ0) is 20.4. The molecule has 0 heterocycles. The number of rotatable bonds is 5. The lowest BCUT2D eigenvalue weighted by Gasteiger charge is -2.40. The Morgan fingerprint density at radius 3 is 2.19 bits per heavy atom. The minimum atomic E-state index is -4.55. The fourth-order valence-electron chi connectivity index (χ4n) is 2.66. The molecule has 146 valence electrons. The molecule has 7 heteroatoms. The van der Waals surface area contributed by atoms with Crippen LogP contribution >= 0.6 is 11.6 Å². The molecule has 0 aliphatic carbocycles. The molecule has 2 aromatic carbocycles. The number of alkyl halides is 3. The summed E-state index contributed by atoms with van der Waals surface area (Å²) in [5.74, 6) is -0.658. The van der Waals surface area contributed by atoms with Gasteiger partial charge in [0.2, 0.25) is 0 Å². The number of amides is 1. The van der Waals surface area contributed by atoms with Crippen molar-refractivity contribution in [3.8, 4) is 0 Å². The smallest absolute Gasteiger partial charge is 0.343 e. The summed E-state index contributed by atoms with van der Waals surface area (Å²) >= 11 is 6.01. The molecule has 0 aliphatic rings. The van der Waals surface area contributed by atoms with Crippen LogP contribution in [-0.4, -0.2) is 30.4 Å². The zero-order valence-electron chi connectivity index (χ0n) is 15.6. The van der Waals surface area contributed by atoms with E-state index < -0.39 is 29.2 Å². The largest absolute Gasteiger partial charge is 0.416 e. The Bertz CT molecular complexity index is 805. The highest BCUT2D eigenvalue weighted by molar-refractivity contribution is 6.33. The van der Waals surface area contributed by atoms with Crippen LogP contribution in [0.2, 0.25) is 5.02 Å². The van der Waals surface area contributed by atoms with Gasteiger partial charge in [-0.15, -0.1) is 0 Å². The van der Waals surface area contributed by atoms with Gasteiger partial charge in [0.05, 0.1) is 22.2 Å². The van der Waals surface area contributed by atoms with E-state index in [1.165, 1.54) is 0 Å². The summed E-state index contributed by atoms with van der Waals surface area (Å²) in [5.41, 5.74) is -0.791. The van der Waals surface area contributed by atoms with Crippen LogP contribution < -0.4 is 5.32 Å². The van der Waals surface area contributed by atoms with Crippen LogP contribution in [-0.2, 0) is 6.18 Å². The third-order valence-electron chi connectivity index (χ3n) is 4.81. The summed E-state index contributed by atoms with van der Waals surface area (Å²) in [6.45, 7) is 3.89. The highest BCUT2D eigenvalue weighted by Gasteiger charge is 2.36. The molecule has 0 radical (unpaired) electrons.